The molecular formula is C10H13N3O3. The summed E-state index contributed by atoms with van der Waals surface area (Å²) in [7, 11) is 0. The van der Waals surface area contributed by atoms with Crippen molar-refractivity contribution in [2.45, 2.75) is 26.3 Å². The molecule has 6 nitrogen and oxygen atoms in total. The van der Waals surface area contributed by atoms with E-state index < -0.39 is 0 Å². The molecule has 16 heavy (non-hydrogen) atoms. The third kappa shape index (κ3) is 1.91. The van der Waals surface area contributed by atoms with Crippen LogP contribution < -0.4 is 10.6 Å². The Bertz CT molecular complexity index is 419. The molecule has 1 aromatic rings. The van der Waals surface area contributed by atoms with E-state index in [1.807, 2.05) is 0 Å². The van der Waals surface area contributed by atoms with Crippen LogP contribution in [0.2, 0.25) is 0 Å². The quantitative estimate of drug-likeness (QED) is 0.733. The number of carbonyl (C=O) groups is 2. The molecule has 1 aliphatic rings. The van der Waals surface area contributed by atoms with Gasteiger partial charge in [0.25, 0.3) is 5.91 Å². The molecule has 1 aromatic heterocycles. The van der Waals surface area contributed by atoms with Crippen LogP contribution in [0, 0.1) is 13.8 Å². The highest BCUT2D eigenvalue weighted by Crippen LogP contribution is 2.12. The molecule has 1 atom stereocenters. The van der Waals surface area contributed by atoms with Crippen LogP contribution in [-0.4, -0.2) is 29.6 Å². The van der Waals surface area contributed by atoms with Crippen LogP contribution in [0.1, 0.15) is 28.2 Å². The molecule has 1 saturated heterocycles. The Morgan fingerprint density at radius 3 is 2.81 bits per heavy atom. The maximum absolute atomic E-state index is 11.9. The zero-order valence-corrected chi connectivity index (χ0v) is 9.16. The van der Waals surface area contributed by atoms with Gasteiger partial charge in [0.2, 0.25) is 5.91 Å². The number of amides is 2. The van der Waals surface area contributed by atoms with Crippen molar-refractivity contribution >= 4 is 11.8 Å². The van der Waals surface area contributed by atoms with E-state index in [1.165, 1.54) is 0 Å². The summed E-state index contributed by atoms with van der Waals surface area (Å²) in [5, 5.41) is 9.14. The number of aromatic nitrogens is 1. The van der Waals surface area contributed by atoms with Gasteiger partial charge in [0.15, 0.2) is 0 Å². The Morgan fingerprint density at radius 2 is 2.31 bits per heavy atom. The Kier molecular flexibility index (Phi) is 2.64. The maximum atomic E-state index is 11.9. The minimum Gasteiger partial charge on any atom is -0.361 e. The second-order valence-corrected chi connectivity index (χ2v) is 3.88. The fourth-order valence-electron chi connectivity index (χ4n) is 1.77. The molecule has 0 saturated carbocycles. The van der Waals surface area contributed by atoms with E-state index in [2.05, 4.69) is 15.8 Å². The van der Waals surface area contributed by atoms with Crippen molar-refractivity contribution in [3.63, 3.8) is 0 Å². The summed E-state index contributed by atoms with van der Waals surface area (Å²) in [6.07, 6.45) is 0.328. The van der Waals surface area contributed by atoms with Crippen LogP contribution in [0.25, 0.3) is 0 Å². The van der Waals surface area contributed by atoms with Gasteiger partial charge in [-0.15, -0.1) is 0 Å². The monoisotopic (exact) mass is 223 g/mol. The second kappa shape index (κ2) is 3.96. The van der Waals surface area contributed by atoms with Crippen molar-refractivity contribution in [1.82, 2.24) is 15.8 Å². The van der Waals surface area contributed by atoms with Gasteiger partial charge in [-0.1, -0.05) is 5.16 Å². The lowest BCUT2D eigenvalue weighted by molar-refractivity contribution is -0.119. The first-order valence-electron chi connectivity index (χ1n) is 5.08. The molecule has 0 aliphatic carbocycles. The maximum Gasteiger partial charge on any atom is 0.257 e. The minimum absolute atomic E-state index is 0.0379. The van der Waals surface area contributed by atoms with E-state index in [0.717, 1.165) is 0 Å². The number of rotatable bonds is 2. The van der Waals surface area contributed by atoms with Gasteiger partial charge in [0.05, 0.1) is 11.7 Å². The Morgan fingerprint density at radius 1 is 1.56 bits per heavy atom. The molecule has 0 radical (unpaired) electrons. The Hall–Kier alpha value is -1.85. The fraction of sp³-hybridized carbons (Fsp3) is 0.500. The molecule has 2 rings (SSSR count). The summed E-state index contributed by atoms with van der Waals surface area (Å²) in [5.74, 6) is 0.217. The zero-order valence-electron chi connectivity index (χ0n) is 9.16. The molecule has 2 N–H and O–H groups in total. The van der Waals surface area contributed by atoms with Crippen molar-refractivity contribution in [3.05, 3.63) is 17.0 Å². The number of hydrogen-bond donors (Lipinski definition) is 2. The summed E-state index contributed by atoms with van der Waals surface area (Å²) in [4.78, 5) is 22.8. The van der Waals surface area contributed by atoms with Gasteiger partial charge in [-0.25, -0.2) is 0 Å². The predicted molar refractivity (Wildman–Crippen MR) is 54.9 cm³/mol. The van der Waals surface area contributed by atoms with Gasteiger partial charge < -0.3 is 15.2 Å². The molecule has 2 heterocycles. The number of aryl methyl sites for hydroxylation is 2. The van der Waals surface area contributed by atoms with Crippen LogP contribution in [0.4, 0.5) is 0 Å². The van der Waals surface area contributed by atoms with E-state index in [4.69, 9.17) is 4.52 Å². The van der Waals surface area contributed by atoms with Gasteiger partial charge in [0.1, 0.15) is 11.3 Å². The third-order valence-electron chi connectivity index (χ3n) is 2.57. The lowest BCUT2D eigenvalue weighted by atomic mass is 10.1. The second-order valence-electron chi connectivity index (χ2n) is 3.88. The summed E-state index contributed by atoms with van der Waals surface area (Å²) in [6, 6.07) is -0.145. The van der Waals surface area contributed by atoms with Crippen LogP contribution in [0.5, 0.6) is 0 Å². The van der Waals surface area contributed by atoms with Gasteiger partial charge in [-0.3, -0.25) is 9.59 Å². The van der Waals surface area contributed by atoms with Crippen molar-refractivity contribution in [1.29, 1.82) is 0 Å². The average molecular weight is 223 g/mol. The predicted octanol–water partition coefficient (Wildman–Crippen LogP) is -0.0903. The first-order valence-corrected chi connectivity index (χ1v) is 5.08. The topological polar surface area (TPSA) is 84.2 Å². The SMILES string of the molecule is Cc1noc(C)c1C(=O)NC1CNC(=O)C1. The van der Waals surface area contributed by atoms with E-state index in [0.29, 0.717) is 30.0 Å². The van der Waals surface area contributed by atoms with Crippen molar-refractivity contribution in [2.75, 3.05) is 6.54 Å². The van der Waals surface area contributed by atoms with Gasteiger partial charge in [-0.2, -0.15) is 0 Å². The molecule has 0 bridgehead atoms. The molecule has 86 valence electrons. The molecule has 0 aromatic carbocycles. The van der Waals surface area contributed by atoms with Gasteiger partial charge in [-0.05, 0) is 13.8 Å². The van der Waals surface area contributed by atoms with Crippen molar-refractivity contribution in [2.24, 2.45) is 0 Å². The lowest BCUT2D eigenvalue weighted by Crippen LogP contribution is -2.36. The highest BCUT2D eigenvalue weighted by molar-refractivity contribution is 5.96. The van der Waals surface area contributed by atoms with E-state index in [9.17, 15) is 9.59 Å². The van der Waals surface area contributed by atoms with Crippen LogP contribution in [0.15, 0.2) is 4.52 Å². The van der Waals surface area contributed by atoms with Crippen LogP contribution in [-0.2, 0) is 4.79 Å². The summed E-state index contributed by atoms with van der Waals surface area (Å²) in [6.45, 7) is 3.88. The summed E-state index contributed by atoms with van der Waals surface area (Å²) < 4.78 is 4.91. The Balaban J connectivity index is 2.06. The normalized spacial score (nSPS) is 19.6. The molecule has 1 unspecified atom stereocenters. The number of nitrogens with one attached hydrogen (secondary N) is 2. The first-order chi connectivity index (χ1) is 7.58. The lowest BCUT2D eigenvalue weighted by Gasteiger charge is -2.09. The molecule has 6 heteroatoms. The molecule has 2 amide bonds. The Labute approximate surface area is 92.4 Å². The standard InChI is InChI=1S/C10H13N3O3/c1-5-9(6(2)16-13-5)10(15)12-7-3-8(14)11-4-7/h7H,3-4H2,1-2H3,(H,11,14)(H,12,15). The molecule has 1 fully saturated rings. The van der Waals surface area contributed by atoms with Crippen molar-refractivity contribution in [3.8, 4) is 0 Å². The van der Waals surface area contributed by atoms with Crippen LogP contribution >= 0.6 is 0 Å². The third-order valence-corrected chi connectivity index (χ3v) is 2.57. The summed E-state index contributed by atoms with van der Waals surface area (Å²) in [5.41, 5.74) is 1.02. The average Bonchev–Trinajstić information content (AvgIpc) is 2.74. The van der Waals surface area contributed by atoms with Crippen molar-refractivity contribution < 1.29 is 14.1 Å². The number of nitrogens with zero attached hydrogens (tertiary/aromatic N) is 1. The zero-order chi connectivity index (χ0) is 11.7. The minimum atomic E-state index is -0.238. The van der Waals surface area contributed by atoms with E-state index in [-0.39, 0.29) is 17.9 Å². The van der Waals surface area contributed by atoms with E-state index >= 15 is 0 Å². The highest BCUT2D eigenvalue weighted by atomic mass is 16.5. The summed E-state index contributed by atoms with van der Waals surface area (Å²) >= 11 is 0. The number of carbonyl (C=O) groups excluding carboxylic acids is 2. The van der Waals surface area contributed by atoms with Crippen LogP contribution in [0.3, 0.4) is 0 Å². The highest BCUT2D eigenvalue weighted by Gasteiger charge is 2.25. The first kappa shape index (κ1) is 10.7. The molecule has 1 aliphatic heterocycles. The van der Waals surface area contributed by atoms with Gasteiger partial charge >= 0.3 is 0 Å². The van der Waals surface area contributed by atoms with Gasteiger partial charge in [0, 0.05) is 13.0 Å². The molecular weight excluding hydrogens is 210 g/mol. The molecule has 0 spiro atoms. The fourth-order valence-corrected chi connectivity index (χ4v) is 1.77. The number of hydrogen-bond acceptors (Lipinski definition) is 4. The largest absolute Gasteiger partial charge is 0.361 e. The smallest absolute Gasteiger partial charge is 0.257 e. The van der Waals surface area contributed by atoms with E-state index in [1.54, 1.807) is 13.8 Å².